The van der Waals surface area contributed by atoms with Crippen LogP contribution in [0, 0.1) is 0 Å². The summed E-state index contributed by atoms with van der Waals surface area (Å²) in [6.45, 7) is 1.66. The van der Waals surface area contributed by atoms with E-state index in [0.29, 0.717) is 0 Å². The molecule has 1 N–H and O–H groups in total. The van der Waals surface area contributed by atoms with Gasteiger partial charge in [0.15, 0.2) is 0 Å². The van der Waals surface area contributed by atoms with E-state index < -0.39 is 0 Å². The molecule has 0 atom stereocenters. The summed E-state index contributed by atoms with van der Waals surface area (Å²) in [7, 11) is 5.81. The van der Waals surface area contributed by atoms with Gasteiger partial charge in [0.05, 0.1) is 7.11 Å². The van der Waals surface area contributed by atoms with E-state index in [1.807, 2.05) is 18.2 Å². The number of anilines is 1. The Morgan fingerprint density at radius 2 is 1.65 bits per heavy atom. The number of hydrogen-bond acceptors (Lipinski definition) is 3. The van der Waals surface area contributed by atoms with Crippen molar-refractivity contribution in [1.82, 2.24) is 5.32 Å². The summed E-state index contributed by atoms with van der Waals surface area (Å²) in [6.07, 6.45) is 0. The average molecular weight is 270 g/mol. The van der Waals surface area contributed by atoms with Gasteiger partial charge >= 0.3 is 0 Å². The first kappa shape index (κ1) is 14.4. The lowest BCUT2D eigenvalue weighted by atomic mass is 10.1. The second kappa shape index (κ2) is 6.96. The van der Waals surface area contributed by atoms with Crippen LogP contribution < -0.4 is 15.0 Å². The lowest BCUT2D eigenvalue weighted by molar-refractivity contribution is 0.407. The fourth-order valence-corrected chi connectivity index (χ4v) is 2.10. The molecular weight excluding hydrogens is 248 g/mol. The molecule has 0 saturated carbocycles. The van der Waals surface area contributed by atoms with Crippen LogP contribution in [0.5, 0.6) is 5.75 Å². The average Bonchev–Trinajstić information content (AvgIpc) is 2.48. The largest absolute Gasteiger partial charge is 0.496 e. The third kappa shape index (κ3) is 3.75. The number of methoxy groups -OCH3 is 1. The molecule has 0 aliphatic rings. The molecule has 106 valence electrons. The van der Waals surface area contributed by atoms with Crippen molar-refractivity contribution in [2.24, 2.45) is 0 Å². The molecule has 0 bridgehead atoms. The maximum absolute atomic E-state index is 5.34. The number of nitrogens with one attached hydrogen (secondary N) is 1. The molecule has 0 spiro atoms. The highest BCUT2D eigenvalue weighted by atomic mass is 16.5. The van der Waals surface area contributed by atoms with Crippen LogP contribution in [0.1, 0.15) is 11.1 Å². The lowest BCUT2D eigenvalue weighted by Crippen LogP contribution is -2.13. The summed E-state index contributed by atoms with van der Waals surface area (Å²) in [4.78, 5) is 2.10. The van der Waals surface area contributed by atoms with E-state index >= 15 is 0 Å². The molecule has 0 heterocycles. The highest BCUT2D eigenvalue weighted by Gasteiger charge is 2.01. The Morgan fingerprint density at radius 3 is 2.30 bits per heavy atom. The molecule has 2 aromatic carbocycles. The van der Waals surface area contributed by atoms with Crippen molar-refractivity contribution >= 4 is 5.69 Å². The van der Waals surface area contributed by atoms with Gasteiger partial charge in [0, 0.05) is 38.4 Å². The van der Waals surface area contributed by atoms with Gasteiger partial charge in [0.25, 0.3) is 0 Å². The van der Waals surface area contributed by atoms with Crippen LogP contribution in [0.2, 0.25) is 0 Å². The molecule has 0 saturated heterocycles. The van der Waals surface area contributed by atoms with Gasteiger partial charge in [-0.25, -0.2) is 0 Å². The lowest BCUT2D eigenvalue weighted by Gasteiger charge is -2.13. The Bertz CT molecular complexity index is 535. The zero-order valence-corrected chi connectivity index (χ0v) is 12.4. The molecule has 0 unspecified atom stereocenters. The summed E-state index contributed by atoms with van der Waals surface area (Å²) >= 11 is 0. The summed E-state index contributed by atoms with van der Waals surface area (Å²) in [5, 5.41) is 3.45. The standard InChI is InChI=1S/C17H22N2O/c1-19(2)16-10-8-14(9-11-16)12-18-13-15-6-4-5-7-17(15)20-3/h4-11,18H,12-13H2,1-3H3. The van der Waals surface area contributed by atoms with E-state index in [4.69, 9.17) is 4.74 Å². The van der Waals surface area contributed by atoms with Gasteiger partial charge in [-0.3, -0.25) is 0 Å². The van der Waals surface area contributed by atoms with E-state index in [2.05, 4.69) is 54.6 Å². The molecule has 0 aliphatic carbocycles. The quantitative estimate of drug-likeness (QED) is 0.873. The maximum Gasteiger partial charge on any atom is 0.123 e. The first-order chi connectivity index (χ1) is 9.70. The summed E-state index contributed by atoms with van der Waals surface area (Å²) in [5.41, 5.74) is 3.68. The van der Waals surface area contributed by atoms with E-state index in [1.165, 1.54) is 16.8 Å². The molecule has 3 nitrogen and oxygen atoms in total. The molecule has 2 rings (SSSR count). The van der Waals surface area contributed by atoms with Crippen molar-refractivity contribution < 1.29 is 4.74 Å². The van der Waals surface area contributed by atoms with E-state index in [-0.39, 0.29) is 0 Å². The molecule has 0 fully saturated rings. The highest BCUT2D eigenvalue weighted by Crippen LogP contribution is 2.17. The van der Waals surface area contributed by atoms with E-state index in [0.717, 1.165) is 18.8 Å². The second-order valence-corrected chi connectivity index (χ2v) is 4.98. The molecular formula is C17H22N2O. The van der Waals surface area contributed by atoms with E-state index in [1.54, 1.807) is 7.11 Å². The maximum atomic E-state index is 5.34. The molecule has 2 aromatic rings. The van der Waals surface area contributed by atoms with Crippen molar-refractivity contribution in [2.75, 3.05) is 26.1 Å². The van der Waals surface area contributed by atoms with Gasteiger partial charge in [-0.05, 0) is 23.8 Å². The summed E-state index contributed by atoms with van der Waals surface area (Å²) in [6, 6.07) is 16.7. The third-order valence-corrected chi connectivity index (χ3v) is 3.29. The van der Waals surface area contributed by atoms with Crippen LogP contribution in [-0.2, 0) is 13.1 Å². The van der Waals surface area contributed by atoms with Crippen LogP contribution in [0.25, 0.3) is 0 Å². The highest BCUT2D eigenvalue weighted by molar-refractivity contribution is 5.46. The minimum atomic E-state index is 0.805. The number of rotatable bonds is 6. The van der Waals surface area contributed by atoms with Crippen LogP contribution >= 0.6 is 0 Å². The minimum Gasteiger partial charge on any atom is -0.496 e. The Balaban J connectivity index is 1.89. The van der Waals surface area contributed by atoms with Gasteiger partial charge < -0.3 is 15.0 Å². The van der Waals surface area contributed by atoms with Crippen LogP contribution in [0.4, 0.5) is 5.69 Å². The minimum absolute atomic E-state index is 0.805. The van der Waals surface area contributed by atoms with Crippen molar-refractivity contribution in [3.63, 3.8) is 0 Å². The third-order valence-electron chi connectivity index (χ3n) is 3.29. The van der Waals surface area contributed by atoms with Gasteiger partial charge in [0.2, 0.25) is 0 Å². The second-order valence-electron chi connectivity index (χ2n) is 4.98. The topological polar surface area (TPSA) is 24.5 Å². The Hall–Kier alpha value is -2.00. The van der Waals surface area contributed by atoms with Crippen molar-refractivity contribution in [2.45, 2.75) is 13.1 Å². The predicted octanol–water partition coefficient (Wildman–Crippen LogP) is 3.05. The molecule has 20 heavy (non-hydrogen) atoms. The zero-order chi connectivity index (χ0) is 14.4. The first-order valence-electron chi connectivity index (χ1n) is 6.79. The van der Waals surface area contributed by atoms with Gasteiger partial charge in [-0.1, -0.05) is 30.3 Å². The van der Waals surface area contributed by atoms with Crippen molar-refractivity contribution in [3.05, 3.63) is 59.7 Å². The first-order valence-corrected chi connectivity index (χ1v) is 6.79. The monoisotopic (exact) mass is 270 g/mol. The number of nitrogens with zero attached hydrogens (tertiary/aromatic N) is 1. The van der Waals surface area contributed by atoms with Crippen LogP contribution in [0.15, 0.2) is 48.5 Å². The van der Waals surface area contributed by atoms with Crippen LogP contribution in [0.3, 0.4) is 0 Å². The molecule has 0 aliphatic heterocycles. The molecule has 0 radical (unpaired) electrons. The van der Waals surface area contributed by atoms with Gasteiger partial charge in [0.1, 0.15) is 5.75 Å². The van der Waals surface area contributed by atoms with Gasteiger partial charge in [-0.15, -0.1) is 0 Å². The predicted molar refractivity (Wildman–Crippen MR) is 84.3 cm³/mol. The Labute approximate surface area is 121 Å². The normalized spacial score (nSPS) is 10.3. The summed E-state index contributed by atoms with van der Waals surface area (Å²) < 4.78 is 5.34. The Kier molecular flexibility index (Phi) is 5.02. The molecule has 3 heteroatoms. The zero-order valence-electron chi connectivity index (χ0n) is 12.4. The molecule has 0 aromatic heterocycles. The SMILES string of the molecule is COc1ccccc1CNCc1ccc(N(C)C)cc1. The Morgan fingerprint density at radius 1 is 0.950 bits per heavy atom. The van der Waals surface area contributed by atoms with Gasteiger partial charge in [-0.2, -0.15) is 0 Å². The number of benzene rings is 2. The fourth-order valence-electron chi connectivity index (χ4n) is 2.10. The van der Waals surface area contributed by atoms with Crippen LogP contribution in [-0.4, -0.2) is 21.2 Å². The summed E-state index contributed by atoms with van der Waals surface area (Å²) in [5.74, 6) is 0.933. The molecule has 0 amide bonds. The number of para-hydroxylation sites is 1. The van der Waals surface area contributed by atoms with E-state index in [9.17, 15) is 0 Å². The number of ether oxygens (including phenoxy) is 1. The van der Waals surface area contributed by atoms with Crippen molar-refractivity contribution in [1.29, 1.82) is 0 Å². The van der Waals surface area contributed by atoms with Crippen molar-refractivity contribution in [3.8, 4) is 5.75 Å². The number of hydrogen-bond donors (Lipinski definition) is 1. The fraction of sp³-hybridized carbons (Fsp3) is 0.294. The smallest absolute Gasteiger partial charge is 0.123 e.